The summed E-state index contributed by atoms with van der Waals surface area (Å²) in [5.74, 6) is -0.459. The van der Waals surface area contributed by atoms with Crippen LogP contribution in [0.5, 0.6) is 5.75 Å². The first-order valence-electron chi connectivity index (χ1n) is 7.70. The Hall–Kier alpha value is -1.51. The Kier molecular flexibility index (Phi) is 8.52. The number of para-hydroxylation sites is 1. The summed E-state index contributed by atoms with van der Waals surface area (Å²) in [6.07, 6.45) is 9.99. The molecule has 0 aliphatic heterocycles. The van der Waals surface area contributed by atoms with E-state index in [1.165, 1.54) is 38.5 Å². The molecule has 0 saturated carbocycles. The third-order valence-electron chi connectivity index (χ3n) is 3.37. The van der Waals surface area contributed by atoms with Crippen molar-refractivity contribution in [3.05, 3.63) is 29.8 Å². The number of aromatic carboxylic acids is 1. The molecule has 0 unspecified atom stereocenters. The highest BCUT2D eigenvalue weighted by Gasteiger charge is 2.09. The Labute approximate surface area is 122 Å². The Morgan fingerprint density at radius 1 is 1.00 bits per heavy atom. The standard InChI is InChI=1S/C17H26O3/c1-2-3-4-5-6-7-8-11-14-20-16-13-10-9-12-15(16)17(18)19/h9-10,12-13H,2-8,11,14H2,1H3,(H,18,19). The number of benzene rings is 1. The lowest BCUT2D eigenvalue weighted by molar-refractivity contribution is 0.0692. The molecular weight excluding hydrogens is 252 g/mol. The smallest absolute Gasteiger partial charge is 0.339 e. The van der Waals surface area contributed by atoms with Crippen molar-refractivity contribution in [3.8, 4) is 5.75 Å². The van der Waals surface area contributed by atoms with E-state index in [0.29, 0.717) is 12.4 Å². The first-order chi connectivity index (χ1) is 9.75. The number of hydrogen-bond donors (Lipinski definition) is 1. The fraction of sp³-hybridized carbons (Fsp3) is 0.588. The van der Waals surface area contributed by atoms with Crippen LogP contribution >= 0.6 is 0 Å². The lowest BCUT2D eigenvalue weighted by atomic mass is 10.1. The number of carbonyl (C=O) groups is 1. The van der Waals surface area contributed by atoms with Crippen molar-refractivity contribution < 1.29 is 14.6 Å². The van der Waals surface area contributed by atoms with E-state index in [1.807, 2.05) is 0 Å². The first-order valence-corrected chi connectivity index (χ1v) is 7.70. The highest BCUT2D eigenvalue weighted by atomic mass is 16.5. The van der Waals surface area contributed by atoms with Crippen molar-refractivity contribution in [1.82, 2.24) is 0 Å². The van der Waals surface area contributed by atoms with Gasteiger partial charge in [0, 0.05) is 0 Å². The third-order valence-corrected chi connectivity index (χ3v) is 3.37. The maximum atomic E-state index is 11.0. The molecule has 20 heavy (non-hydrogen) atoms. The van der Waals surface area contributed by atoms with Crippen molar-refractivity contribution >= 4 is 5.97 Å². The summed E-state index contributed by atoms with van der Waals surface area (Å²) in [5, 5.41) is 9.03. The van der Waals surface area contributed by atoms with Crippen molar-refractivity contribution in [2.24, 2.45) is 0 Å². The molecule has 1 rings (SSSR count). The van der Waals surface area contributed by atoms with Gasteiger partial charge in [-0.1, -0.05) is 64.0 Å². The quantitative estimate of drug-likeness (QED) is 0.585. The van der Waals surface area contributed by atoms with Crippen LogP contribution in [0, 0.1) is 0 Å². The van der Waals surface area contributed by atoms with Crippen LogP contribution in [0.4, 0.5) is 0 Å². The van der Waals surface area contributed by atoms with Gasteiger partial charge >= 0.3 is 5.97 Å². The molecule has 0 fully saturated rings. The van der Waals surface area contributed by atoms with Gasteiger partial charge in [-0.05, 0) is 18.6 Å². The topological polar surface area (TPSA) is 46.5 Å². The SMILES string of the molecule is CCCCCCCCCCOc1ccccc1C(=O)O. The van der Waals surface area contributed by atoms with Gasteiger partial charge in [0.2, 0.25) is 0 Å². The number of unbranched alkanes of at least 4 members (excludes halogenated alkanes) is 7. The normalized spacial score (nSPS) is 10.4. The van der Waals surface area contributed by atoms with Crippen molar-refractivity contribution in [3.63, 3.8) is 0 Å². The van der Waals surface area contributed by atoms with Gasteiger partial charge in [0.25, 0.3) is 0 Å². The molecule has 3 heteroatoms. The summed E-state index contributed by atoms with van der Waals surface area (Å²) in [6, 6.07) is 6.81. The van der Waals surface area contributed by atoms with E-state index >= 15 is 0 Å². The molecule has 3 nitrogen and oxygen atoms in total. The van der Waals surface area contributed by atoms with Gasteiger partial charge in [0.15, 0.2) is 0 Å². The number of rotatable bonds is 11. The Balaban J connectivity index is 2.11. The third kappa shape index (κ3) is 6.60. The van der Waals surface area contributed by atoms with Crippen molar-refractivity contribution in [1.29, 1.82) is 0 Å². The van der Waals surface area contributed by atoms with E-state index in [4.69, 9.17) is 9.84 Å². The van der Waals surface area contributed by atoms with Crippen LogP contribution in [0.15, 0.2) is 24.3 Å². The molecule has 0 aliphatic rings. The van der Waals surface area contributed by atoms with Gasteiger partial charge in [-0.3, -0.25) is 0 Å². The Bertz CT molecular complexity index is 388. The zero-order valence-electron chi connectivity index (χ0n) is 12.4. The fourth-order valence-corrected chi connectivity index (χ4v) is 2.19. The lowest BCUT2D eigenvalue weighted by Gasteiger charge is -2.08. The van der Waals surface area contributed by atoms with Gasteiger partial charge in [-0.2, -0.15) is 0 Å². The first kappa shape index (κ1) is 16.5. The van der Waals surface area contributed by atoms with Crippen LogP contribution in [0.3, 0.4) is 0 Å². The molecule has 0 amide bonds. The van der Waals surface area contributed by atoms with Gasteiger partial charge in [0.1, 0.15) is 11.3 Å². The molecular formula is C17H26O3. The maximum Gasteiger partial charge on any atom is 0.339 e. The molecule has 0 radical (unpaired) electrons. The lowest BCUT2D eigenvalue weighted by Crippen LogP contribution is -2.04. The van der Waals surface area contributed by atoms with Gasteiger partial charge in [-0.25, -0.2) is 4.79 Å². The number of carboxylic acids is 1. The molecule has 0 spiro atoms. The largest absolute Gasteiger partial charge is 0.493 e. The second kappa shape index (κ2) is 10.3. The minimum atomic E-state index is -0.934. The second-order valence-electron chi connectivity index (χ2n) is 5.12. The van der Waals surface area contributed by atoms with E-state index in [-0.39, 0.29) is 5.56 Å². The van der Waals surface area contributed by atoms with Crippen LogP contribution in [0.2, 0.25) is 0 Å². The van der Waals surface area contributed by atoms with Gasteiger partial charge in [-0.15, -0.1) is 0 Å². The number of carboxylic acid groups (broad SMARTS) is 1. The van der Waals surface area contributed by atoms with Crippen LogP contribution in [-0.2, 0) is 0 Å². The number of ether oxygens (including phenoxy) is 1. The van der Waals surface area contributed by atoms with Crippen LogP contribution in [0.1, 0.15) is 68.6 Å². The van der Waals surface area contributed by atoms with E-state index in [1.54, 1.807) is 24.3 Å². The molecule has 1 aromatic rings. The average Bonchev–Trinajstić information content (AvgIpc) is 2.46. The molecule has 0 heterocycles. The zero-order valence-corrected chi connectivity index (χ0v) is 12.4. The highest BCUT2D eigenvalue weighted by molar-refractivity contribution is 5.90. The van der Waals surface area contributed by atoms with Crippen LogP contribution in [-0.4, -0.2) is 17.7 Å². The summed E-state index contributed by atoms with van der Waals surface area (Å²) in [7, 11) is 0. The Morgan fingerprint density at radius 2 is 1.60 bits per heavy atom. The summed E-state index contributed by atoms with van der Waals surface area (Å²) < 4.78 is 5.56. The summed E-state index contributed by atoms with van der Waals surface area (Å²) in [6.45, 7) is 2.82. The van der Waals surface area contributed by atoms with E-state index < -0.39 is 5.97 Å². The minimum absolute atomic E-state index is 0.243. The highest BCUT2D eigenvalue weighted by Crippen LogP contribution is 2.18. The van der Waals surface area contributed by atoms with E-state index in [9.17, 15) is 4.79 Å². The fourth-order valence-electron chi connectivity index (χ4n) is 2.19. The van der Waals surface area contributed by atoms with Crippen LogP contribution in [0.25, 0.3) is 0 Å². The van der Waals surface area contributed by atoms with E-state index in [0.717, 1.165) is 12.8 Å². The summed E-state index contributed by atoms with van der Waals surface area (Å²) in [4.78, 5) is 11.0. The molecule has 0 aromatic heterocycles. The average molecular weight is 278 g/mol. The van der Waals surface area contributed by atoms with Gasteiger partial charge < -0.3 is 9.84 Å². The van der Waals surface area contributed by atoms with Crippen molar-refractivity contribution in [2.75, 3.05) is 6.61 Å². The molecule has 0 atom stereocenters. The molecule has 1 N–H and O–H groups in total. The molecule has 0 aliphatic carbocycles. The van der Waals surface area contributed by atoms with Gasteiger partial charge in [0.05, 0.1) is 6.61 Å². The molecule has 112 valence electrons. The summed E-state index contributed by atoms with van der Waals surface area (Å²) in [5.41, 5.74) is 0.243. The molecule has 0 saturated heterocycles. The predicted molar refractivity (Wildman–Crippen MR) is 81.5 cm³/mol. The van der Waals surface area contributed by atoms with Crippen LogP contribution < -0.4 is 4.74 Å². The zero-order chi connectivity index (χ0) is 14.6. The summed E-state index contributed by atoms with van der Waals surface area (Å²) >= 11 is 0. The predicted octanol–water partition coefficient (Wildman–Crippen LogP) is 4.90. The maximum absolute atomic E-state index is 11.0. The molecule has 0 bridgehead atoms. The minimum Gasteiger partial charge on any atom is -0.493 e. The number of hydrogen-bond acceptors (Lipinski definition) is 2. The van der Waals surface area contributed by atoms with Crippen molar-refractivity contribution in [2.45, 2.75) is 58.3 Å². The Morgan fingerprint density at radius 3 is 2.25 bits per heavy atom. The monoisotopic (exact) mass is 278 g/mol. The second-order valence-corrected chi connectivity index (χ2v) is 5.12. The molecule has 1 aromatic carbocycles. The van der Waals surface area contributed by atoms with E-state index in [2.05, 4.69) is 6.92 Å².